The minimum absolute atomic E-state index is 0.0239. The molecular formula is C9H11N5O. The highest BCUT2D eigenvalue weighted by molar-refractivity contribution is 5.96. The molecule has 6 nitrogen and oxygen atoms in total. The number of H-pyrrole nitrogens is 1. The number of nitrogens with zero attached hydrogens (tertiary/aromatic N) is 2. The zero-order chi connectivity index (χ0) is 11.0. The number of hydrogen-bond acceptors (Lipinski definition) is 3. The Kier molecular flexibility index (Phi) is 1.96. The summed E-state index contributed by atoms with van der Waals surface area (Å²) in [5.41, 5.74) is 7.74. The van der Waals surface area contributed by atoms with Gasteiger partial charge < -0.3 is 10.2 Å². The van der Waals surface area contributed by atoms with E-state index in [2.05, 4.69) is 9.97 Å². The molecule has 5 N–H and O–H groups in total. The Labute approximate surface area is 85.8 Å². The third kappa shape index (κ3) is 1.56. The summed E-state index contributed by atoms with van der Waals surface area (Å²) in [7, 11) is 0. The van der Waals surface area contributed by atoms with Crippen molar-refractivity contribution in [3.63, 3.8) is 0 Å². The van der Waals surface area contributed by atoms with Crippen LogP contribution >= 0.6 is 0 Å². The van der Waals surface area contributed by atoms with E-state index in [0.717, 1.165) is 16.9 Å². The number of benzene rings is 1. The first kappa shape index (κ1) is 9.32. The normalized spacial score (nSPS) is 12.9. The topological polar surface area (TPSA) is 107 Å². The van der Waals surface area contributed by atoms with Gasteiger partial charge in [0.1, 0.15) is 5.82 Å². The van der Waals surface area contributed by atoms with Crippen molar-refractivity contribution in [2.24, 2.45) is 11.6 Å². The molecule has 15 heavy (non-hydrogen) atoms. The second kappa shape index (κ2) is 3.16. The molecule has 0 aliphatic carbocycles. The number of aryl methyl sites for hydroxylation is 1. The summed E-state index contributed by atoms with van der Waals surface area (Å²) in [6.45, 7) is 1.86. The number of rotatable bonds is 1. The summed E-state index contributed by atoms with van der Waals surface area (Å²) in [6, 6.07) is 5.22. The van der Waals surface area contributed by atoms with Gasteiger partial charge in [0.2, 0.25) is 0 Å². The van der Waals surface area contributed by atoms with E-state index in [9.17, 15) is 5.21 Å². The Bertz CT molecular complexity index is 538. The molecule has 1 aromatic heterocycles. The van der Waals surface area contributed by atoms with Gasteiger partial charge in [-0.05, 0) is 25.1 Å². The van der Waals surface area contributed by atoms with Gasteiger partial charge in [-0.25, -0.2) is 4.98 Å². The fraction of sp³-hybridized carbons (Fsp3) is 0.111. The van der Waals surface area contributed by atoms with Crippen LogP contribution in [-0.4, -0.2) is 20.7 Å². The maximum Gasteiger partial charge on any atom is 0.301 e. The van der Waals surface area contributed by atoms with Gasteiger partial charge in [0, 0.05) is 0 Å². The first-order valence-corrected chi connectivity index (χ1v) is 4.39. The molecule has 0 aliphatic heterocycles. The van der Waals surface area contributed by atoms with Crippen LogP contribution in [0.25, 0.3) is 11.0 Å². The van der Waals surface area contributed by atoms with E-state index in [1.807, 2.05) is 6.92 Å². The molecule has 0 aliphatic rings. The molecule has 6 heteroatoms. The van der Waals surface area contributed by atoms with Gasteiger partial charge in [0.15, 0.2) is 0 Å². The third-order valence-corrected chi connectivity index (χ3v) is 2.13. The molecule has 2 rings (SSSR count). The summed E-state index contributed by atoms with van der Waals surface area (Å²) in [5.74, 6) is 5.80. The van der Waals surface area contributed by atoms with Crippen molar-refractivity contribution in [3.05, 3.63) is 34.8 Å². The number of hydrazine groups is 1. The lowest BCUT2D eigenvalue weighted by atomic mass is 10.2. The van der Waals surface area contributed by atoms with Gasteiger partial charge in [-0.2, -0.15) is 4.85 Å². The van der Waals surface area contributed by atoms with E-state index in [-0.39, 0.29) is 10.7 Å². The highest BCUT2D eigenvalue weighted by Gasteiger charge is 2.07. The lowest BCUT2D eigenvalue weighted by molar-refractivity contribution is -0.469. The Morgan fingerprint density at radius 2 is 2.27 bits per heavy atom. The molecule has 0 bridgehead atoms. The molecule has 0 fully saturated rings. The van der Waals surface area contributed by atoms with Crippen LogP contribution in [0.3, 0.4) is 0 Å². The van der Waals surface area contributed by atoms with E-state index in [1.54, 1.807) is 18.2 Å². The fourth-order valence-corrected chi connectivity index (χ4v) is 1.42. The van der Waals surface area contributed by atoms with Crippen LogP contribution in [0.4, 0.5) is 0 Å². The summed E-state index contributed by atoms with van der Waals surface area (Å²) < 4.78 is 0. The minimum Gasteiger partial charge on any atom is -0.693 e. The maximum absolute atomic E-state index is 10.8. The Morgan fingerprint density at radius 1 is 1.53 bits per heavy atom. The molecule has 0 saturated heterocycles. The van der Waals surface area contributed by atoms with E-state index < -0.39 is 0 Å². The fourth-order valence-electron chi connectivity index (χ4n) is 1.42. The van der Waals surface area contributed by atoms with Crippen LogP contribution < -0.4 is 11.6 Å². The maximum atomic E-state index is 10.8. The summed E-state index contributed by atoms with van der Waals surface area (Å²) >= 11 is 0. The number of hydrogen-bond donors (Lipinski definition) is 3. The second-order valence-corrected chi connectivity index (χ2v) is 3.27. The van der Waals surface area contributed by atoms with Crippen molar-refractivity contribution in [2.75, 3.05) is 0 Å². The lowest BCUT2D eigenvalue weighted by Gasteiger charge is -2.03. The lowest BCUT2D eigenvalue weighted by Crippen LogP contribution is -2.29. The van der Waals surface area contributed by atoms with E-state index in [4.69, 9.17) is 11.6 Å². The minimum atomic E-state index is -0.0239. The second-order valence-electron chi connectivity index (χ2n) is 3.27. The van der Waals surface area contributed by atoms with Crippen LogP contribution in [0.15, 0.2) is 18.2 Å². The van der Waals surface area contributed by atoms with Crippen LogP contribution in [0, 0.1) is 12.1 Å². The average Bonchev–Trinajstić information content (AvgIpc) is 2.55. The Balaban J connectivity index is 2.61. The molecule has 0 saturated carbocycles. The Hall–Kier alpha value is -2.24. The zero-order valence-electron chi connectivity index (χ0n) is 8.19. The number of imidazole rings is 1. The SMILES string of the molecule is Cc1nc2ccc(C(N)=[N+](N)[O-])cc2[nH]1. The van der Waals surface area contributed by atoms with Crippen molar-refractivity contribution < 1.29 is 4.85 Å². The Morgan fingerprint density at radius 3 is 2.93 bits per heavy atom. The molecular weight excluding hydrogens is 194 g/mol. The zero-order valence-corrected chi connectivity index (χ0v) is 8.19. The van der Waals surface area contributed by atoms with Gasteiger partial charge in [-0.3, -0.25) is 11.6 Å². The number of aromatic amines is 1. The number of hydrazone groups is 1. The first-order valence-electron chi connectivity index (χ1n) is 4.39. The predicted octanol–water partition coefficient (Wildman–Crippen LogP) is -0.0394. The molecule has 2 aromatic rings. The smallest absolute Gasteiger partial charge is 0.301 e. The molecule has 0 amide bonds. The summed E-state index contributed by atoms with van der Waals surface area (Å²) in [4.78, 5) is 7.42. The molecule has 1 heterocycles. The van der Waals surface area contributed by atoms with Crippen LogP contribution in [0.1, 0.15) is 11.4 Å². The van der Waals surface area contributed by atoms with E-state index in [0.29, 0.717) is 5.56 Å². The summed E-state index contributed by atoms with van der Waals surface area (Å²) in [6.07, 6.45) is 0. The molecule has 0 atom stereocenters. The first-order chi connectivity index (χ1) is 7.08. The number of amidine groups is 1. The largest absolute Gasteiger partial charge is 0.693 e. The van der Waals surface area contributed by atoms with Gasteiger partial charge in [-0.1, -0.05) is 0 Å². The average molecular weight is 205 g/mol. The standard InChI is InChI=1S/C9H11N5O/c1-5-12-7-3-2-6(4-8(7)13-5)9(10)14(11)15/h2-4H,10-11H2,1H3,(H,12,13). The van der Waals surface area contributed by atoms with Crippen LogP contribution in [0.2, 0.25) is 0 Å². The van der Waals surface area contributed by atoms with Gasteiger partial charge in [-0.15, -0.1) is 0 Å². The van der Waals surface area contributed by atoms with E-state index >= 15 is 0 Å². The predicted molar refractivity (Wildman–Crippen MR) is 56.9 cm³/mol. The number of nitrogens with two attached hydrogens (primary N) is 2. The number of aromatic nitrogens is 2. The monoisotopic (exact) mass is 205 g/mol. The highest BCUT2D eigenvalue weighted by atomic mass is 16.5. The molecule has 0 unspecified atom stereocenters. The number of nitrogens with one attached hydrogen (secondary N) is 1. The molecule has 0 radical (unpaired) electrons. The summed E-state index contributed by atoms with van der Waals surface area (Å²) in [5, 5.41) is 10.8. The molecule has 0 spiro atoms. The molecule has 78 valence electrons. The highest BCUT2D eigenvalue weighted by Crippen LogP contribution is 2.12. The van der Waals surface area contributed by atoms with Crippen molar-refractivity contribution in [1.29, 1.82) is 0 Å². The van der Waals surface area contributed by atoms with Crippen molar-refractivity contribution in [2.45, 2.75) is 6.92 Å². The van der Waals surface area contributed by atoms with E-state index in [1.165, 1.54) is 0 Å². The van der Waals surface area contributed by atoms with Gasteiger partial charge in [0.25, 0.3) is 0 Å². The number of fused-ring (bicyclic) bond motifs is 1. The van der Waals surface area contributed by atoms with Crippen LogP contribution in [0.5, 0.6) is 0 Å². The third-order valence-electron chi connectivity index (χ3n) is 2.13. The quantitative estimate of drug-likeness (QED) is 0.152. The van der Waals surface area contributed by atoms with Crippen molar-refractivity contribution >= 4 is 16.9 Å². The van der Waals surface area contributed by atoms with Crippen molar-refractivity contribution in [3.8, 4) is 0 Å². The van der Waals surface area contributed by atoms with Crippen LogP contribution in [-0.2, 0) is 0 Å². The molecule has 1 aromatic carbocycles. The van der Waals surface area contributed by atoms with Gasteiger partial charge in [0.05, 0.1) is 16.6 Å². The van der Waals surface area contributed by atoms with Crippen molar-refractivity contribution in [1.82, 2.24) is 9.97 Å². The van der Waals surface area contributed by atoms with Gasteiger partial charge >= 0.3 is 5.84 Å².